The van der Waals surface area contributed by atoms with Crippen LogP contribution in [0.15, 0.2) is 22.3 Å². The van der Waals surface area contributed by atoms with Gasteiger partial charge in [0.15, 0.2) is 0 Å². The third kappa shape index (κ3) is 848. The van der Waals surface area contributed by atoms with E-state index >= 15 is 0 Å². The van der Waals surface area contributed by atoms with E-state index in [-0.39, 0.29) is 31.7 Å². The number of unbranched alkanes of at least 4 members (excludes halogenated alkanes) is 2. The number of nitrogens with one attached hydrogen (secondary N) is 1. The third-order valence-corrected chi connectivity index (χ3v) is 3.29. The Morgan fingerprint density at radius 3 is 0.901 bits per heavy atom. The predicted molar refractivity (Wildman–Crippen MR) is 320 cm³/mol. The summed E-state index contributed by atoms with van der Waals surface area (Å²) in [6, 6.07) is 0. The SMILES string of the molecule is C.C/C=C\NC.C=NC.CBr.CC.CC.CC.CC(C)(C)OCCOC(C)(C)C.CC(F)(F)F.CCC.CCC.CCCCC.CCl.CF.CN=CSC.CO.COC.COC(F)(F)F.COCOC.[NH2-]. The van der Waals surface area contributed by atoms with Crippen LogP contribution in [0.5, 0.6) is 0 Å². The molecule has 0 rings (SSSR count). The average molecular weight is 1180 g/mol. The standard InChI is InChI=1S/C10H22O2.C5H12.C4H9N.C3H7NS.C3H8O2.2C3H8.C2H3F3O.C2H3F3.C2H5N.C2H6O.3C2H6.CH3Br.CH3Cl.CH3F.CH4O.CH4.H2N/c1-9(2,3)11-7-8-12-10(4,5)6;1-3-5-4-2;1-3-4-5-2;2*1-4-3-5-2;2*1-3-2;1-6-2(3,4)5;1-2(3,4)5;2*1-3-2;7*1-2;;/h7-8H2,1-6H3;3-5H2,1-2H3;3-5H,1-2H3;3H,1-2H3;3H2,1-2H3;2*3H2,1-2H3;1H3;1H3;1H2,2H3;1-2H3;3*1-2H3;3*1H3;2H,1H3;1H4;1H2/q;;;;;;;;;;;;;;;;;;;-1/b;;4-3-;;;;;;;;;;;;;;;;;. The van der Waals surface area contributed by atoms with Gasteiger partial charge in [-0.15, -0.1) is 36.5 Å². The summed E-state index contributed by atoms with van der Waals surface area (Å²) in [5.41, 5.74) is 1.68. The number of rotatable bonds is 9. The highest BCUT2D eigenvalue weighted by molar-refractivity contribution is 9.08. The van der Waals surface area contributed by atoms with E-state index < -0.39 is 12.5 Å². The number of nitrogens with two attached hydrogens (primary N) is 1. The lowest BCUT2D eigenvalue weighted by Gasteiger charge is -2.23. The van der Waals surface area contributed by atoms with Crippen LogP contribution in [0.4, 0.5) is 30.7 Å². The summed E-state index contributed by atoms with van der Waals surface area (Å²) >= 11 is 9.19. The number of allylic oxidation sites excluding steroid dienone is 1. The van der Waals surface area contributed by atoms with E-state index in [1.807, 2.05) is 121 Å². The number of alkyl halides is 9. The average Bonchev–Trinajstić information content (AvgIpc) is 3.29. The predicted octanol–water partition coefficient (Wildman–Crippen LogP) is 19.4. The van der Waals surface area contributed by atoms with Crippen molar-refractivity contribution in [2.24, 2.45) is 9.98 Å². The number of aliphatic imine (C=N–C) groups is 2. The van der Waals surface area contributed by atoms with Gasteiger partial charge in [0.1, 0.15) is 6.79 Å². The molecule has 71 heavy (non-hydrogen) atoms. The molecule has 0 fully saturated rings. The molecule has 11 nitrogen and oxygen atoms in total. The number of hydrogen-bond donors (Lipinski definition) is 2. The van der Waals surface area contributed by atoms with Crippen molar-refractivity contribution in [3.8, 4) is 0 Å². The van der Waals surface area contributed by atoms with Crippen molar-refractivity contribution in [3.63, 3.8) is 0 Å². The van der Waals surface area contributed by atoms with E-state index in [4.69, 9.17) is 14.6 Å². The van der Waals surface area contributed by atoms with Crippen LogP contribution in [-0.4, -0.2) is 151 Å². The van der Waals surface area contributed by atoms with Gasteiger partial charge in [-0.05, 0) is 73.5 Å². The first-order valence-corrected chi connectivity index (χ1v) is 26.2. The van der Waals surface area contributed by atoms with Crippen molar-refractivity contribution >= 4 is 51.6 Å². The van der Waals surface area contributed by atoms with Gasteiger partial charge in [0.05, 0.1) is 37.1 Å². The molecule has 0 aromatic carbocycles. The molecule has 0 aliphatic heterocycles. The van der Waals surface area contributed by atoms with Gasteiger partial charge < -0.3 is 45.3 Å². The van der Waals surface area contributed by atoms with Crippen molar-refractivity contribution < 1.29 is 64.3 Å². The second kappa shape index (κ2) is 165. The van der Waals surface area contributed by atoms with Gasteiger partial charge >= 0.3 is 12.5 Å². The van der Waals surface area contributed by atoms with Crippen LogP contribution >= 0.6 is 39.3 Å². The molecule has 0 spiro atoms. The fourth-order valence-corrected chi connectivity index (χ4v) is 1.65. The van der Waals surface area contributed by atoms with Gasteiger partial charge in [0, 0.05) is 77.1 Å². The zero-order valence-corrected chi connectivity index (χ0v) is 54.9. The van der Waals surface area contributed by atoms with Crippen LogP contribution in [0.2, 0.25) is 0 Å². The van der Waals surface area contributed by atoms with Crippen LogP contribution in [0.25, 0.3) is 6.15 Å². The fraction of sp³-hybridized carbons (Fsp3) is 0.920. The number of hydrogen-bond acceptors (Lipinski definition) is 11. The number of aliphatic hydroxyl groups excluding tert-OH is 1. The first kappa shape index (κ1) is 133. The molecule has 0 aromatic heterocycles. The summed E-state index contributed by atoms with van der Waals surface area (Å²) in [5.74, 6) is 1.81. The number of methoxy groups -OCH3 is 4. The number of halogens is 9. The summed E-state index contributed by atoms with van der Waals surface area (Å²) in [7, 11) is 13.8. The molecule has 0 amide bonds. The van der Waals surface area contributed by atoms with Gasteiger partial charge in [-0.3, -0.25) is 14.1 Å². The highest BCUT2D eigenvalue weighted by Crippen LogP contribution is 2.13. The van der Waals surface area contributed by atoms with E-state index in [9.17, 15) is 30.7 Å². The molecule has 0 heterocycles. The molecule has 0 saturated heterocycles. The Kier molecular flexibility index (Phi) is 310. The molecular weight excluding hydrogens is 1050 g/mol. The van der Waals surface area contributed by atoms with E-state index in [0.29, 0.717) is 34.3 Å². The second-order valence-electron chi connectivity index (χ2n) is 11.9. The Labute approximate surface area is 458 Å². The summed E-state index contributed by atoms with van der Waals surface area (Å²) in [6.45, 7) is 44.2. The van der Waals surface area contributed by atoms with Crippen molar-refractivity contribution in [2.45, 2.75) is 202 Å². The minimum atomic E-state index is -4.46. The summed E-state index contributed by atoms with van der Waals surface area (Å²) in [6.07, 6.45) is 5.39. The summed E-state index contributed by atoms with van der Waals surface area (Å²) < 4.78 is 99.4. The molecule has 460 valence electrons. The van der Waals surface area contributed by atoms with Crippen LogP contribution < -0.4 is 5.32 Å². The van der Waals surface area contributed by atoms with Crippen LogP contribution in [-0.2, 0) is 28.4 Å². The lowest BCUT2D eigenvalue weighted by Crippen LogP contribution is -2.26. The van der Waals surface area contributed by atoms with Crippen molar-refractivity contribution in [3.05, 3.63) is 18.4 Å². The quantitative estimate of drug-likeness (QED) is 0.0575. The number of aliphatic hydroxyl groups is 1. The number of ether oxygens (including phenoxy) is 6. The fourth-order valence-electron chi connectivity index (χ4n) is 1.44. The Balaban J connectivity index is -0.0000000223. The first-order chi connectivity index (χ1) is 32.1. The maximum Gasteiger partial charge on any atom is 0.522 e. The van der Waals surface area contributed by atoms with Crippen molar-refractivity contribution in [2.75, 3.05) is 109 Å². The lowest BCUT2D eigenvalue weighted by atomic mass is 10.2. The molecule has 0 bridgehead atoms. The minimum absolute atomic E-state index is 0. The lowest BCUT2D eigenvalue weighted by molar-refractivity contribution is -0.311. The topological polar surface area (TPSA) is 146 Å². The molecule has 0 saturated carbocycles. The van der Waals surface area contributed by atoms with Crippen LogP contribution in [0, 0.1) is 0 Å². The molecule has 0 aliphatic carbocycles. The maximum atomic E-state index is 10.6. The summed E-state index contributed by atoms with van der Waals surface area (Å²) in [4.78, 5) is 6.94. The summed E-state index contributed by atoms with van der Waals surface area (Å²) in [5, 5.41) is 9.84. The zero-order valence-electron chi connectivity index (χ0n) is 51.8. The second-order valence-corrected chi connectivity index (χ2v) is 12.6. The third-order valence-electron chi connectivity index (χ3n) is 2.87. The maximum absolute atomic E-state index is 10.6. The monoisotopic (exact) mass is 1180 g/mol. The van der Waals surface area contributed by atoms with E-state index in [0.717, 1.165) is 7.11 Å². The smallest absolute Gasteiger partial charge is 0.522 e. The molecule has 0 radical (unpaired) electrons. The van der Waals surface area contributed by atoms with E-state index in [1.165, 1.54) is 38.5 Å². The Morgan fingerprint density at radius 2 is 0.873 bits per heavy atom. The Morgan fingerprint density at radius 1 is 0.676 bits per heavy atom. The number of nitrogens with zero attached hydrogens (tertiary/aromatic N) is 2. The molecule has 0 atom stereocenters. The molecular formula is C50H128BrClF7N4O7S-. The van der Waals surface area contributed by atoms with E-state index in [2.05, 4.69) is 110 Å². The molecule has 0 aliphatic rings. The zero-order chi connectivity index (χ0) is 60.8. The highest BCUT2D eigenvalue weighted by Gasteiger charge is 2.25. The van der Waals surface area contributed by atoms with Crippen molar-refractivity contribution in [1.29, 1.82) is 0 Å². The van der Waals surface area contributed by atoms with Gasteiger partial charge in [-0.1, -0.05) is 145 Å². The minimum Gasteiger partial charge on any atom is -0.693 e. The first-order valence-electron chi connectivity index (χ1n) is 22.6. The normalized spacial score (nSPS) is 8.21. The molecule has 0 aromatic rings. The van der Waals surface area contributed by atoms with Crippen molar-refractivity contribution in [1.82, 2.24) is 5.32 Å². The van der Waals surface area contributed by atoms with Gasteiger partial charge in [0.2, 0.25) is 0 Å². The highest BCUT2D eigenvalue weighted by atomic mass is 79.9. The number of thioether (sulfide) groups is 1. The molecule has 4 N–H and O–H groups in total. The Hall–Kier alpha value is -0.810. The molecule has 21 heteroatoms. The van der Waals surface area contributed by atoms with Gasteiger partial charge in [0.25, 0.3) is 0 Å². The largest absolute Gasteiger partial charge is 0.693 e. The van der Waals surface area contributed by atoms with Crippen LogP contribution in [0.1, 0.15) is 178 Å². The Bertz CT molecular complexity index is 618. The van der Waals surface area contributed by atoms with Gasteiger partial charge in [-0.2, -0.15) is 13.2 Å². The van der Waals surface area contributed by atoms with E-state index in [1.54, 1.807) is 59.8 Å². The van der Waals surface area contributed by atoms with Gasteiger partial charge in [-0.25, -0.2) is 0 Å². The van der Waals surface area contributed by atoms with Crippen LogP contribution in [0.3, 0.4) is 0 Å². The molecule has 0 unspecified atom stereocenters.